The largest absolute Gasteiger partial charge is 0.508 e. The summed E-state index contributed by atoms with van der Waals surface area (Å²) >= 11 is 0. The number of nitrogens with two attached hydrogens (primary N) is 3. The Balaban J connectivity index is 2.49. The van der Waals surface area contributed by atoms with Crippen LogP contribution in [0.25, 0.3) is 0 Å². The average Bonchev–Trinajstić information content (AvgIpc) is 3.37. The van der Waals surface area contributed by atoms with Gasteiger partial charge in [-0.25, -0.2) is 4.79 Å². The molecule has 10 atom stereocenters. The van der Waals surface area contributed by atoms with E-state index in [0.29, 0.717) is 17.5 Å². The number of carboxylic acid groups (broad SMARTS) is 3. The van der Waals surface area contributed by atoms with Gasteiger partial charge in [-0.3, -0.25) is 52.9 Å². The summed E-state index contributed by atoms with van der Waals surface area (Å²) in [5.41, 5.74) is 17.6. The molecule has 0 aliphatic rings. The molecular weight excluding hydrogens is 1010 g/mol. The van der Waals surface area contributed by atoms with Crippen LogP contribution in [0.4, 0.5) is 0 Å². The van der Waals surface area contributed by atoms with Gasteiger partial charge in [-0.2, -0.15) is 0 Å². The minimum atomic E-state index is -1.80. The molecule has 0 aliphatic heterocycles. The van der Waals surface area contributed by atoms with Gasteiger partial charge >= 0.3 is 17.9 Å². The third kappa shape index (κ3) is 23.8. The van der Waals surface area contributed by atoms with E-state index in [2.05, 4.69) is 47.5 Å². The first kappa shape index (κ1) is 64.7. The number of aliphatic hydroxyl groups excluding tert-OH is 1. The lowest BCUT2D eigenvalue weighted by molar-refractivity contribution is -0.144. The summed E-state index contributed by atoms with van der Waals surface area (Å²) in [7, 11) is 0. The number of guanidine groups is 1. The highest BCUT2D eigenvalue weighted by molar-refractivity contribution is 5.98. The van der Waals surface area contributed by atoms with Gasteiger partial charge < -0.3 is 85.3 Å². The molecule has 28 heteroatoms. The summed E-state index contributed by atoms with van der Waals surface area (Å²) < 4.78 is 0. The molecule has 28 nitrogen and oxygen atoms in total. The highest BCUT2D eigenvalue weighted by atomic mass is 16.4. The van der Waals surface area contributed by atoms with Crippen LogP contribution in [-0.2, 0) is 65.6 Å². The lowest BCUT2D eigenvalue weighted by Crippen LogP contribution is -2.61. The van der Waals surface area contributed by atoms with Crippen LogP contribution in [0.2, 0.25) is 0 Å². The maximum absolute atomic E-state index is 14.3. The highest BCUT2D eigenvalue weighted by Gasteiger charge is 2.35. The van der Waals surface area contributed by atoms with E-state index in [1.54, 1.807) is 44.2 Å². The van der Waals surface area contributed by atoms with Crippen LogP contribution in [0.1, 0.15) is 83.8 Å². The van der Waals surface area contributed by atoms with Crippen LogP contribution < -0.4 is 59.7 Å². The van der Waals surface area contributed by atoms with E-state index >= 15 is 0 Å². The number of aliphatic hydroxyl groups is 1. The molecule has 424 valence electrons. The number of amides is 8. The van der Waals surface area contributed by atoms with E-state index in [0.717, 1.165) is 0 Å². The first-order valence-corrected chi connectivity index (χ1v) is 24.6. The zero-order valence-corrected chi connectivity index (χ0v) is 43.2. The minimum absolute atomic E-state index is 0.0357. The van der Waals surface area contributed by atoms with Crippen LogP contribution in [0.15, 0.2) is 59.6 Å². The summed E-state index contributed by atoms with van der Waals surface area (Å²) in [5.74, 6) is -13.1. The molecule has 0 aromatic heterocycles. The molecule has 2 aromatic rings. The van der Waals surface area contributed by atoms with Crippen molar-refractivity contribution >= 4 is 71.1 Å². The molecule has 19 N–H and O–H groups in total. The zero-order chi connectivity index (χ0) is 57.9. The maximum atomic E-state index is 14.3. The molecule has 77 heavy (non-hydrogen) atoms. The molecule has 0 unspecified atom stereocenters. The summed E-state index contributed by atoms with van der Waals surface area (Å²) in [6, 6.07) is 0.108. The summed E-state index contributed by atoms with van der Waals surface area (Å²) in [4.78, 5) is 148. The second-order valence-corrected chi connectivity index (χ2v) is 18.2. The van der Waals surface area contributed by atoms with Gasteiger partial charge in [0.1, 0.15) is 54.1 Å². The van der Waals surface area contributed by atoms with Gasteiger partial charge in [-0.15, -0.1) is 0 Å². The predicted molar refractivity (Wildman–Crippen MR) is 275 cm³/mol. The molecule has 0 saturated heterocycles. The monoisotopic (exact) mass is 1080 g/mol. The number of hydrogen-bond acceptors (Lipinski definition) is 15. The molecule has 2 aromatic carbocycles. The molecule has 0 saturated carbocycles. The number of hydrogen-bond donors (Lipinski definition) is 16. The normalized spacial score (nSPS) is 14.8. The lowest BCUT2D eigenvalue weighted by atomic mass is 9.99. The van der Waals surface area contributed by atoms with Gasteiger partial charge in [-0.05, 0) is 68.7 Å². The second kappa shape index (κ2) is 32.8. The van der Waals surface area contributed by atoms with Crippen molar-refractivity contribution in [2.45, 2.75) is 140 Å². The molecule has 0 heterocycles. The van der Waals surface area contributed by atoms with E-state index in [9.17, 15) is 78.3 Å². The number of phenols is 1. The Morgan fingerprint density at radius 2 is 0.948 bits per heavy atom. The standard InChI is InChI=1S/C49H72N12O16/c1-5-25(2)39(48(76)77)61-41(69)27(4)54-47(75)36(24-62)60-44(72)33(18-20-38(66)67)57-46(74)35(22-28-10-7-6-8-11-28)59-43(71)32(17-19-37(64)65)56-42(70)31(12-9-21-53-49(51)52)55-45(73)34(58-40(68)26(3)50)23-29-13-15-30(63)16-14-29/h6-8,10-11,13-16,25-27,31-36,39,62-63H,5,9,12,17-24,50H2,1-4H3,(H,54,75)(H,55,73)(H,56,70)(H,57,74)(H,58,68)(H,59,71)(H,60,72)(H,61,69)(H,64,65)(H,66,67)(H,76,77)(H4,51,52,53)/t25-,26-,27-,31-,32-,33-,34-,35-,36-,39-/m0/s1. The summed E-state index contributed by atoms with van der Waals surface area (Å²) in [6.45, 7) is 4.78. The number of phenolic OH excluding ortho intramolecular Hbond substituents is 1. The number of rotatable bonds is 34. The van der Waals surface area contributed by atoms with Gasteiger partial charge in [-0.1, -0.05) is 62.7 Å². The third-order valence-corrected chi connectivity index (χ3v) is 11.8. The van der Waals surface area contributed by atoms with Crippen molar-refractivity contribution in [3.05, 3.63) is 65.7 Å². The van der Waals surface area contributed by atoms with Crippen molar-refractivity contribution in [2.24, 2.45) is 28.1 Å². The topological polar surface area (TPSA) is 476 Å². The Morgan fingerprint density at radius 3 is 1.38 bits per heavy atom. The van der Waals surface area contributed by atoms with Crippen molar-refractivity contribution < 1.29 is 78.3 Å². The van der Waals surface area contributed by atoms with Crippen LogP contribution in [0, 0.1) is 5.92 Å². The van der Waals surface area contributed by atoms with Crippen LogP contribution in [0.5, 0.6) is 5.75 Å². The average molecular weight is 1090 g/mol. The number of carbonyl (C=O) groups is 11. The molecule has 0 bridgehead atoms. The molecule has 8 amide bonds. The Morgan fingerprint density at radius 1 is 0.532 bits per heavy atom. The number of nitrogens with zero attached hydrogens (tertiary/aromatic N) is 1. The van der Waals surface area contributed by atoms with E-state index < -0.39 is 158 Å². The van der Waals surface area contributed by atoms with E-state index in [1.165, 1.54) is 38.1 Å². The number of carboxylic acids is 3. The Labute approximate surface area is 443 Å². The highest BCUT2D eigenvalue weighted by Crippen LogP contribution is 2.14. The Kier molecular flexibility index (Phi) is 27.6. The van der Waals surface area contributed by atoms with Gasteiger partial charge in [0, 0.05) is 32.2 Å². The van der Waals surface area contributed by atoms with Gasteiger partial charge in [0.2, 0.25) is 47.3 Å². The van der Waals surface area contributed by atoms with E-state index in [1.807, 2.05) is 0 Å². The zero-order valence-electron chi connectivity index (χ0n) is 43.2. The number of aliphatic carboxylic acids is 3. The van der Waals surface area contributed by atoms with Crippen molar-refractivity contribution in [1.82, 2.24) is 42.5 Å². The summed E-state index contributed by atoms with van der Waals surface area (Å²) in [6.07, 6.45) is -2.84. The first-order valence-electron chi connectivity index (χ1n) is 24.6. The number of benzene rings is 2. The first-order chi connectivity index (χ1) is 36.3. The van der Waals surface area contributed by atoms with Crippen molar-refractivity contribution in [2.75, 3.05) is 13.2 Å². The third-order valence-electron chi connectivity index (χ3n) is 11.8. The number of aromatic hydroxyl groups is 1. The fraction of sp³-hybridized carbons (Fsp3) is 0.510. The number of nitrogens with one attached hydrogen (secondary N) is 8. The Hall–Kier alpha value is -8.40. The smallest absolute Gasteiger partial charge is 0.326 e. The van der Waals surface area contributed by atoms with Crippen molar-refractivity contribution in [3.63, 3.8) is 0 Å². The molecule has 0 spiro atoms. The number of carbonyl (C=O) groups excluding carboxylic acids is 8. The fourth-order valence-corrected chi connectivity index (χ4v) is 7.18. The van der Waals surface area contributed by atoms with E-state index in [-0.39, 0.29) is 43.9 Å². The van der Waals surface area contributed by atoms with Gasteiger partial charge in [0.25, 0.3) is 0 Å². The van der Waals surface area contributed by atoms with Crippen molar-refractivity contribution in [1.29, 1.82) is 0 Å². The molecule has 0 aliphatic carbocycles. The van der Waals surface area contributed by atoms with Crippen molar-refractivity contribution in [3.8, 4) is 5.75 Å². The quantitative estimate of drug-likeness (QED) is 0.0182. The molecule has 0 fully saturated rings. The molecule has 0 radical (unpaired) electrons. The van der Waals surface area contributed by atoms with Crippen LogP contribution in [0.3, 0.4) is 0 Å². The fourth-order valence-electron chi connectivity index (χ4n) is 7.18. The van der Waals surface area contributed by atoms with Gasteiger partial charge in [0.05, 0.1) is 12.6 Å². The maximum Gasteiger partial charge on any atom is 0.326 e. The summed E-state index contributed by atoms with van der Waals surface area (Å²) in [5, 5.41) is 67.8. The lowest BCUT2D eigenvalue weighted by Gasteiger charge is -2.28. The van der Waals surface area contributed by atoms with Gasteiger partial charge in [0.15, 0.2) is 5.96 Å². The minimum Gasteiger partial charge on any atom is -0.508 e. The molecular formula is C49H72N12O16. The SMILES string of the molecule is CC[C@H](C)[C@H](NC(=O)[C@H](C)NC(=O)[C@H](CO)NC(=O)[C@H](CCC(=O)O)NC(=O)[C@H](Cc1ccccc1)NC(=O)[C@H](CCC(=O)O)NC(=O)[C@H](CCCN=C(N)N)NC(=O)[C@H](Cc1ccc(O)cc1)NC(=O)[C@H](C)N)C(=O)O. The predicted octanol–water partition coefficient (Wildman–Crippen LogP) is -3.67. The Bertz CT molecular complexity index is 2390. The van der Waals surface area contributed by atoms with Crippen LogP contribution >= 0.6 is 0 Å². The molecule has 2 rings (SSSR count). The number of aliphatic imine (C=N–C) groups is 1. The van der Waals surface area contributed by atoms with E-state index in [4.69, 9.17) is 17.2 Å². The van der Waals surface area contributed by atoms with Crippen LogP contribution in [-0.4, -0.2) is 164 Å². The second-order valence-electron chi connectivity index (χ2n) is 18.2.